The van der Waals surface area contributed by atoms with Gasteiger partial charge in [0.1, 0.15) is 30.6 Å². The standard InChI is InChI=1S/C6H13NO8S/c8-1-3(7-16(13,14)15)5(11)6(12)4(10)2-9/h1,3-7,9-12H,2H2,(H,13,14,15)/p-1/t3-,4+,5+,6+/m0/s1. The zero-order valence-corrected chi connectivity index (χ0v) is 8.74. The fourth-order valence-corrected chi connectivity index (χ4v) is 1.42. The highest BCUT2D eigenvalue weighted by Gasteiger charge is 2.31. The maximum atomic E-state index is 10.4. The highest BCUT2D eigenvalue weighted by atomic mass is 32.2. The molecule has 0 heterocycles. The average molecular weight is 258 g/mol. The molecular formula is C6H12NO8S-. The van der Waals surface area contributed by atoms with Crippen LogP contribution in [0.15, 0.2) is 0 Å². The van der Waals surface area contributed by atoms with Gasteiger partial charge < -0.3 is 29.8 Å². The summed E-state index contributed by atoms with van der Waals surface area (Å²) in [6.07, 6.45) is -5.92. The summed E-state index contributed by atoms with van der Waals surface area (Å²) in [7, 11) is -4.99. The molecule has 96 valence electrons. The smallest absolute Gasteiger partial charge is 0.160 e. The summed E-state index contributed by atoms with van der Waals surface area (Å²) in [5.74, 6) is 0. The molecular weight excluding hydrogens is 246 g/mol. The van der Waals surface area contributed by atoms with Gasteiger partial charge in [0.05, 0.1) is 6.61 Å². The first kappa shape index (κ1) is 15.4. The molecule has 16 heavy (non-hydrogen) atoms. The third-order valence-corrected chi connectivity index (χ3v) is 2.29. The van der Waals surface area contributed by atoms with E-state index >= 15 is 0 Å². The van der Waals surface area contributed by atoms with E-state index in [1.807, 2.05) is 0 Å². The molecule has 0 fully saturated rings. The fourth-order valence-electron chi connectivity index (χ4n) is 0.893. The lowest BCUT2D eigenvalue weighted by Crippen LogP contribution is -2.53. The van der Waals surface area contributed by atoms with Crippen LogP contribution in [0, 0.1) is 0 Å². The van der Waals surface area contributed by atoms with Crippen molar-refractivity contribution >= 4 is 16.6 Å². The number of hydrogen-bond acceptors (Lipinski definition) is 8. The van der Waals surface area contributed by atoms with E-state index < -0.39 is 41.3 Å². The second-order valence-corrected chi connectivity index (χ2v) is 4.11. The molecule has 0 aliphatic rings. The van der Waals surface area contributed by atoms with Crippen molar-refractivity contribution in [3.8, 4) is 0 Å². The Bertz CT molecular complexity index is 316. The minimum atomic E-state index is -4.99. The summed E-state index contributed by atoms with van der Waals surface area (Å²) < 4.78 is 31.9. The van der Waals surface area contributed by atoms with Crippen LogP contribution in [0.25, 0.3) is 0 Å². The highest BCUT2D eigenvalue weighted by Crippen LogP contribution is 2.04. The molecule has 0 unspecified atom stereocenters. The Hall–Kier alpha value is -0.620. The van der Waals surface area contributed by atoms with Crippen molar-refractivity contribution in [3.05, 3.63) is 0 Å². The minimum Gasteiger partial charge on any atom is -0.735 e. The van der Waals surface area contributed by atoms with Gasteiger partial charge in [-0.3, -0.25) is 0 Å². The lowest BCUT2D eigenvalue weighted by molar-refractivity contribution is -0.119. The Labute approximate surface area is 91.2 Å². The van der Waals surface area contributed by atoms with Crippen molar-refractivity contribution in [2.45, 2.75) is 24.4 Å². The minimum absolute atomic E-state index is 0.118. The number of aliphatic hydroxyl groups is 4. The van der Waals surface area contributed by atoms with Crippen molar-refractivity contribution in [1.82, 2.24) is 4.72 Å². The Morgan fingerprint density at radius 1 is 1.25 bits per heavy atom. The predicted molar refractivity (Wildman–Crippen MR) is 47.8 cm³/mol. The zero-order chi connectivity index (χ0) is 12.9. The molecule has 0 saturated carbocycles. The third-order valence-electron chi connectivity index (χ3n) is 1.73. The number of aliphatic hydroxyl groups excluding tert-OH is 4. The van der Waals surface area contributed by atoms with Crippen LogP contribution in [0.2, 0.25) is 0 Å². The van der Waals surface area contributed by atoms with Crippen LogP contribution >= 0.6 is 0 Å². The van der Waals surface area contributed by atoms with Gasteiger partial charge in [-0.05, 0) is 0 Å². The van der Waals surface area contributed by atoms with E-state index in [-0.39, 0.29) is 6.29 Å². The monoisotopic (exact) mass is 258 g/mol. The maximum absolute atomic E-state index is 10.4. The molecule has 0 rings (SSSR count). The second kappa shape index (κ2) is 6.20. The Morgan fingerprint density at radius 3 is 2.06 bits per heavy atom. The molecule has 0 radical (unpaired) electrons. The van der Waals surface area contributed by atoms with Crippen LogP contribution in [0.5, 0.6) is 0 Å². The van der Waals surface area contributed by atoms with Gasteiger partial charge in [0.15, 0.2) is 10.3 Å². The number of carbonyl (C=O) groups is 1. The van der Waals surface area contributed by atoms with Crippen LogP contribution in [-0.2, 0) is 15.1 Å². The van der Waals surface area contributed by atoms with E-state index in [1.165, 1.54) is 4.72 Å². The quantitative estimate of drug-likeness (QED) is 0.225. The van der Waals surface area contributed by atoms with Crippen LogP contribution in [0.1, 0.15) is 0 Å². The number of hydrogen-bond donors (Lipinski definition) is 5. The van der Waals surface area contributed by atoms with Gasteiger partial charge in [0.2, 0.25) is 0 Å². The topological polar surface area (TPSA) is 167 Å². The molecule has 4 atom stereocenters. The number of rotatable bonds is 7. The summed E-state index contributed by atoms with van der Waals surface area (Å²) in [6.45, 7) is -0.909. The summed E-state index contributed by atoms with van der Waals surface area (Å²) in [4.78, 5) is 10.4. The lowest BCUT2D eigenvalue weighted by atomic mass is 10.0. The van der Waals surface area contributed by atoms with Gasteiger partial charge in [-0.1, -0.05) is 0 Å². The van der Waals surface area contributed by atoms with Crippen molar-refractivity contribution in [1.29, 1.82) is 0 Å². The van der Waals surface area contributed by atoms with Gasteiger partial charge in [0, 0.05) is 0 Å². The summed E-state index contributed by atoms with van der Waals surface area (Å²) in [6, 6.07) is -1.90. The molecule has 0 aromatic rings. The highest BCUT2D eigenvalue weighted by molar-refractivity contribution is 7.83. The second-order valence-electron chi connectivity index (χ2n) is 2.96. The van der Waals surface area contributed by atoms with Crippen molar-refractivity contribution in [2.24, 2.45) is 0 Å². The van der Waals surface area contributed by atoms with E-state index in [0.717, 1.165) is 0 Å². The number of aldehydes is 1. The van der Waals surface area contributed by atoms with E-state index in [4.69, 9.17) is 15.3 Å². The summed E-state index contributed by atoms with van der Waals surface area (Å²) in [5, 5.41) is 35.7. The van der Waals surface area contributed by atoms with Crippen molar-refractivity contribution < 1.29 is 38.2 Å². The Balaban J connectivity index is 4.65. The number of nitrogens with one attached hydrogen (secondary N) is 1. The third kappa shape index (κ3) is 4.94. The first-order valence-corrected chi connectivity index (χ1v) is 5.47. The van der Waals surface area contributed by atoms with Crippen LogP contribution in [0.3, 0.4) is 0 Å². The predicted octanol–water partition coefficient (Wildman–Crippen LogP) is -4.32. The van der Waals surface area contributed by atoms with Gasteiger partial charge in [0.25, 0.3) is 0 Å². The van der Waals surface area contributed by atoms with E-state index in [9.17, 15) is 22.9 Å². The molecule has 0 aromatic carbocycles. The molecule has 0 aliphatic carbocycles. The molecule has 0 aromatic heterocycles. The van der Waals surface area contributed by atoms with Gasteiger partial charge in [-0.25, -0.2) is 13.1 Å². The molecule has 10 heteroatoms. The van der Waals surface area contributed by atoms with Crippen LogP contribution in [0.4, 0.5) is 0 Å². The van der Waals surface area contributed by atoms with E-state index in [0.29, 0.717) is 0 Å². The fraction of sp³-hybridized carbons (Fsp3) is 0.833. The molecule has 0 bridgehead atoms. The molecule has 5 N–H and O–H groups in total. The Morgan fingerprint density at radius 2 is 1.75 bits per heavy atom. The maximum Gasteiger partial charge on any atom is 0.160 e. The normalized spacial score (nSPS) is 19.8. The molecule has 9 nitrogen and oxygen atoms in total. The van der Waals surface area contributed by atoms with E-state index in [2.05, 4.69) is 0 Å². The first-order chi connectivity index (χ1) is 7.22. The first-order valence-electron chi connectivity index (χ1n) is 4.06. The average Bonchev–Trinajstić information content (AvgIpc) is 2.21. The van der Waals surface area contributed by atoms with Crippen molar-refractivity contribution in [2.75, 3.05) is 6.61 Å². The van der Waals surface area contributed by atoms with Crippen LogP contribution in [-0.4, -0.2) is 70.6 Å². The molecule has 0 saturated heterocycles. The molecule has 0 spiro atoms. The van der Waals surface area contributed by atoms with E-state index in [1.54, 1.807) is 0 Å². The van der Waals surface area contributed by atoms with Gasteiger partial charge in [-0.2, -0.15) is 0 Å². The Kier molecular flexibility index (Phi) is 5.96. The molecule has 0 aliphatic heterocycles. The zero-order valence-electron chi connectivity index (χ0n) is 7.92. The SMILES string of the molecule is O=C[C@H](NS(=O)(=O)[O-])[C@@H](O)[C@H](O)[C@H](O)CO. The lowest BCUT2D eigenvalue weighted by Gasteiger charge is -2.26. The van der Waals surface area contributed by atoms with Crippen LogP contribution < -0.4 is 4.72 Å². The molecule has 0 amide bonds. The number of carbonyl (C=O) groups excluding carboxylic acids is 1. The van der Waals surface area contributed by atoms with Gasteiger partial charge >= 0.3 is 0 Å². The van der Waals surface area contributed by atoms with Crippen molar-refractivity contribution in [3.63, 3.8) is 0 Å². The summed E-state index contributed by atoms with van der Waals surface area (Å²) in [5.41, 5.74) is 0. The van der Waals surface area contributed by atoms with Gasteiger partial charge in [-0.15, -0.1) is 0 Å². The largest absolute Gasteiger partial charge is 0.735 e. The summed E-state index contributed by atoms with van der Waals surface area (Å²) >= 11 is 0.